The van der Waals surface area contributed by atoms with Crippen molar-refractivity contribution >= 4 is 12.0 Å². The molecule has 1 fully saturated rings. The first kappa shape index (κ1) is 18.4. The van der Waals surface area contributed by atoms with Crippen LogP contribution >= 0.6 is 0 Å². The SMILES string of the molecule is Cc1nn(-c2ccccc2)c(C)c1/C=C/C(=O)NCCN1CCOCC1. The second-order valence-electron chi connectivity index (χ2n) is 6.41. The topological polar surface area (TPSA) is 59.4 Å². The summed E-state index contributed by atoms with van der Waals surface area (Å²) in [5.41, 5.74) is 3.93. The summed E-state index contributed by atoms with van der Waals surface area (Å²) in [4.78, 5) is 14.4. The van der Waals surface area contributed by atoms with E-state index in [9.17, 15) is 4.79 Å². The number of aromatic nitrogens is 2. The predicted octanol–water partition coefficient (Wildman–Crippen LogP) is 1.95. The Hall–Kier alpha value is -2.44. The standard InChI is InChI=1S/C20H26N4O2/c1-16-19(17(2)24(22-16)18-6-4-3-5-7-18)8-9-20(25)21-10-11-23-12-14-26-15-13-23/h3-9H,10-15H2,1-2H3,(H,21,25)/b9-8+. The third-order valence-electron chi connectivity index (χ3n) is 4.58. The van der Waals surface area contributed by atoms with E-state index in [0.29, 0.717) is 6.54 Å². The highest BCUT2D eigenvalue weighted by Gasteiger charge is 2.11. The Labute approximate surface area is 154 Å². The molecule has 0 saturated carbocycles. The van der Waals surface area contributed by atoms with Crippen molar-refractivity contribution in [3.8, 4) is 5.69 Å². The number of carbonyl (C=O) groups is 1. The van der Waals surface area contributed by atoms with Crippen molar-refractivity contribution in [2.75, 3.05) is 39.4 Å². The maximum atomic E-state index is 12.1. The lowest BCUT2D eigenvalue weighted by molar-refractivity contribution is -0.116. The maximum absolute atomic E-state index is 12.1. The highest BCUT2D eigenvalue weighted by Crippen LogP contribution is 2.18. The first-order chi connectivity index (χ1) is 12.6. The minimum Gasteiger partial charge on any atom is -0.379 e. The fourth-order valence-corrected chi connectivity index (χ4v) is 3.10. The number of amides is 1. The van der Waals surface area contributed by atoms with Gasteiger partial charge in [-0.1, -0.05) is 18.2 Å². The Kier molecular flexibility index (Phi) is 6.20. The van der Waals surface area contributed by atoms with Crippen LogP contribution in [0.2, 0.25) is 0 Å². The van der Waals surface area contributed by atoms with Crippen molar-refractivity contribution in [2.24, 2.45) is 0 Å². The van der Waals surface area contributed by atoms with E-state index < -0.39 is 0 Å². The fourth-order valence-electron chi connectivity index (χ4n) is 3.10. The molecule has 3 rings (SSSR count). The molecule has 0 atom stereocenters. The van der Waals surface area contributed by atoms with E-state index in [1.165, 1.54) is 0 Å². The minimum atomic E-state index is -0.0791. The molecule has 1 N–H and O–H groups in total. The van der Waals surface area contributed by atoms with Crippen molar-refractivity contribution < 1.29 is 9.53 Å². The van der Waals surface area contributed by atoms with Crippen LogP contribution in [0.25, 0.3) is 11.8 Å². The highest BCUT2D eigenvalue weighted by molar-refractivity contribution is 5.92. The van der Waals surface area contributed by atoms with Crippen LogP contribution in [-0.2, 0) is 9.53 Å². The van der Waals surface area contributed by atoms with Gasteiger partial charge in [-0.25, -0.2) is 4.68 Å². The molecule has 6 nitrogen and oxygen atoms in total. The summed E-state index contributed by atoms with van der Waals surface area (Å²) >= 11 is 0. The molecule has 0 radical (unpaired) electrons. The molecule has 1 saturated heterocycles. The number of aryl methyl sites for hydroxylation is 1. The third-order valence-corrected chi connectivity index (χ3v) is 4.58. The molecule has 2 heterocycles. The van der Waals surface area contributed by atoms with Gasteiger partial charge < -0.3 is 10.1 Å². The Morgan fingerprint density at radius 3 is 2.69 bits per heavy atom. The van der Waals surface area contributed by atoms with Gasteiger partial charge >= 0.3 is 0 Å². The molecular weight excluding hydrogens is 328 g/mol. The Morgan fingerprint density at radius 2 is 1.96 bits per heavy atom. The van der Waals surface area contributed by atoms with Crippen molar-refractivity contribution in [1.29, 1.82) is 0 Å². The van der Waals surface area contributed by atoms with Gasteiger partial charge in [-0.3, -0.25) is 9.69 Å². The van der Waals surface area contributed by atoms with E-state index >= 15 is 0 Å². The fraction of sp³-hybridized carbons (Fsp3) is 0.400. The molecule has 1 aliphatic rings. The van der Waals surface area contributed by atoms with Gasteiger partial charge in [-0.2, -0.15) is 5.10 Å². The smallest absolute Gasteiger partial charge is 0.244 e. The lowest BCUT2D eigenvalue weighted by Crippen LogP contribution is -2.41. The number of nitrogens with one attached hydrogen (secondary N) is 1. The molecule has 2 aromatic rings. The number of nitrogens with zero attached hydrogens (tertiary/aromatic N) is 3. The van der Waals surface area contributed by atoms with E-state index in [0.717, 1.165) is 55.5 Å². The van der Waals surface area contributed by atoms with Crippen molar-refractivity contribution in [3.05, 3.63) is 53.4 Å². The summed E-state index contributed by atoms with van der Waals surface area (Å²) < 4.78 is 7.23. The molecule has 0 unspecified atom stereocenters. The number of benzene rings is 1. The van der Waals surface area contributed by atoms with Crippen molar-refractivity contribution in [1.82, 2.24) is 20.0 Å². The monoisotopic (exact) mass is 354 g/mol. The second-order valence-corrected chi connectivity index (χ2v) is 6.41. The molecule has 0 bridgehead atoms. The molecule has 1 aromatic heterocycles. The summed E-state index contributed by atoms with van der Waals surface area (Å²) in [7, 11) is 0. The lowest BCUT2D eigenvalue weighted by Gasteiger charge is -2.26. The van der Waals surface area contributed by atoms with Gasteiger partial charge in [0.25, 0.3) is 0 Å². The number of carbonyl (C=O) groups excluding carboxylic acids is 1. The van der Waals surface area contributed by atoms with Crippen LogP contribution in [0.3, 0.4) is 0 Å². The average Bonchev–Trinajstić information content (AvgIpc) is 2.95. The van der Waals surface area contributed by atoms with Crippen LogP contribution in [0.5, 0.6) is 0 Å². The number of para-hydroxylation sites is 1. The maximum Gasteiger partial charge on any atom is 0.244 e. The van der Waals surface area contributed by atoms with Gasteiger partial charge in [0.05, 0.1) is 24.6 Å². The van der Waals surface area contributed by atoms with E-state index in [4.69, 9.17) is 4.74 Å². The molecule has 6 heteroatoms. The van der Waals surface area contributed by atoms with Crippen LogP contribution in [0.4, 0.5) is 0 Å². The largest absolute Gasteiger partial charge is 0.379 e. The first-order valence-corrected chi connectivity index (χ1v) is 9.03. The molecule has 1 aliphatic heterocycles. The Balaban J connectivity index is 1.57. The molecule has 0 spiro atoms. The Morgan fingerprint density at radius 1 is 1.23 bits per heavy atom. The van der Waals surface area contributed by atoms with Gasteiger partial charge in [-0.15, -0.1) is 0 Å². The van der Waals surface area contributed by atoms with Gasteiger partial charge in [0.2, 0.25) is 5.91 Å². The molecular formula is C20H26N4O2. The first-order valence-electron chi connectivity index (χ1n) is 9.03. The summed E-state index contributed by atoms with van der Waals surface area (Å²) in [5, 5.41) is 7.54. The van der Waals surface area contributed by atoms with Crippen LogP contribution in [0.1, 0.15) is 17.0 Å². The van der Waals surface area contributed by atoms with E-state index in [2.05, 4.69) is 15.3 Å². The summed E-state index contributed by atoms with van der Waals surface area (Å²) in [5.74, 6) is -0.0791. The zero-order valence-electron chi connectivity index (χ0n) is 15.4. The Bertz CT molecular complexity index is 762. The summed E-state index contributed by atoms with van der Waals surface area (Å²) in [6, 6.07) is 10.0. The summed E-state index contributed by atoms with van der Waals surface area (Å²) in [6.45, 7) is 8.89. The molecule has 0 aliphatic carbocycles. The van der Waals surface area contributed by atoms with Gasteiger partial charge in [0.1, 0.15) is 0 Å². The number of ether oxygens (including phenoxy) is 1. The van der Waals surface area contributed by atoms with E-state index in [1.807, 2.05) is 54.9 Å². The zero-order chi connectivity index (χ0) is 18.4. The second kappa shape index (κ2) is 8.78. The molecule has 138 valence electrons. The average molecular weight is 354 g/mol. The predicted molar refractivity (Wildman–Crippen MR) is 102 cm³/mol. The van der Waals surface area contributed by atoms with Gasteiger partial charge in [0.15, 0.2) is 0 Å². The van der Waals surface area contributed by atoms with E-state index in [-0.39, 0.29) is 5.91 Å². The van der Waals surface area contributed by atoms with E-state index in [1.54, 1.807) is 6.08 Å². The third kappa shape index (κ3) is 4.59. The molecule has 26 heavy (non-hydrogen) atoms. The number of hydrogen-bond donors (Lipinski definition) is 1. The number of hydrogen-bond acceptors (Lipinski definition) is 4. The van der Waals surface area contributed by atoms with Crippen LogP contribution in [0.15, 0.2) is 36.4 Å². The number of morpholine rings is 1. The minimum absolute atomic E-state index is 0.0791. The molecule has 1 aromatic carbocycles. The van der Waals surface area contributed by atoms with Crippen LogP contribution in [-0.4, -0.2) is 60.0 Å². The van der Waals surface area contributed by atoms with Gasteiger partial charge in [-0.05, 0) is 32.1 Å². The quantitative estimate of drug-likeness (QED) is 0.806. The van der Waals surface area contributed by atoms with Crippen LogP contribution in [0, 0.1) is 13.8 Å². The van der Waals surface area contributed by atoms with Crippen LogP contribution < -0.4 is 5.32 Å². The highest BCUT2D eigenvalue weighted by atomic mass is 16.5. The van der Waals surface area contributed by atoms with Crippen molar-refractivity contribution in [3.63, 3.8) is 0 Å². The summed E-state index contributed by atoms with van der Waals surface area (Å²) in [6.07, 6.45) is 3.44. The zero-order valence-corrected chi connectivity index (χ0v) is 15.4. The normalized spacial score (nSPS) is 15.5. The van der Waals surface area contributed by atoms with Gasteiger partial charge in [0, 0.05) is 43.5 Å². The molecule has 1 amide bonds. The lowest BCUT2D eigenvalue weighted by atomic mass is 10.2. The number of rotatable bonds is 6. The van der Waals surface area contributed by atoms with Crippen molar-refractivity contribution in [2.45, 2.75) is 13.8 Å².